The molecule has 0 saturated heterocycles. The summed E-state index contributed by atoms with van der Waals surface area (Å²) >= 11 is 3.25. The van der Waals surface area contributed by atoms with Crippen molar-refractivity contribution in [1.82, 2.24) is 24.7 Å². The van der Waals surface area contributed by atoms with Crippen LogP contribution in [-0.4, -0.2) is 55.2 Å². The SMILES string of the molecule is CCCNS(=O)(=O)Nc1ncnc(OCCOc2ncc(Br)cn2)c1Oc1ccccc1OC. The summed E-state index contributed by atoms with van der Waals surface area (Å²) in [4.78, 5) is 16.1. The van der Waals surface area contributed by atoms with Crippen LogP contribution in [0, 0.1) is 0 Å². The van der Waals surface area contributed by atoms with Gasteiger partial charge in [-0.3, -0.25) is 4.72 Å². The maximum absolute atomic E-state index is 12.4. The minimum absolute atomic E-state index is 0.00516. The monoisotopic (exact) mass is 554 g/mol. The lowest BCUT2D eigenvalue weighted by molar-refractivity contribution is 0.197. The maximum Gasteiger partial charge on any atom is 0.316 e. The van der Waals surface area contributed by atoms with Crippen LogP contribution >= 0.6 is 15.9 Å². The molecule has 0 unspecified atom stereocenters. The zero-order valence-electron chi connectivity index (χ0n) is 18.4. The van der Waals surface area contributed by atoms with Crippen molar-refractivity contribution in [3.63, 3.8) is 0 Å². The highest BCUT2D eigenvalue weighted by Gasteiger charge is 2.21. The highest BCUT2D eigenvalue weighted by atomic mass is 79.9. The van der Waals surface area contributed by atoms with Crippen molar-refractivity contribution in [3.05, 3.63) is 47.5 Å². The van der Waals surface area contributed by atoms with Crippen LogP contribution in [0.3, 0.4) is 0 Å². The van der Waals surface area contributed by atoms with E-state index in [1.165, 1.54) is 7.11 Å². The molecule has 0 aliphatic carbocycles. The van der Waals surface area contributed by atoms with Crippen LogP contribution in [0.5, 0.6) is 29.1 Å². The molecule has 0 bridgehead atoms. The van der Waals surface area contributed by atoms with E-state index in [1.807, 2.05) is 6.92 Å². The minimum Gasteiger partial charge on any atom is -0.493 e. The highest BCUT2D eigenvalue weighted by Crippen LogP contribution is 2.39. The van der Waals surface area contributed by atoms with Gasteiger partial charge in [-0.15, -0.1) is 0 Å². The largest absolute Gasteiger partial charge is 0.493 e. The van der Waals surface area contributed by atoms with Gasteiger partial charge in [-0.05, 0) is 34.5 Å². The van der Waals surface area contributed by atoms with Gasteiger partial charge in [0.2, 0.25) is 5.75 Å². The second kappa shape index (κ2) is 12.3. The molecule has 2 aromatic heterocycles. The van der Waals surface area contributed by atoms with Crippen molar-refractivity contribution in [2.75, 3.05) is 31.6 Å². The first kappa shape index (κ1) is 25.4. The molecule has 0 atom stereocenters. The van der Waals surface area contributed by atoms with Crippen molar-refractivity contribution >= 4 is 32.0 Å². The predicted molar refractivity (Wildman–Crippen MR) is 127 cm³/mol. The number of hydrogen-bond donors (Lipinski definition) is 2. The fourth-order valence-corrected chi connectivity index (χ4v) is 3.63. The molecular formula is C20H23BrN6O6S. The lowest BCUT2D eigenvalue weighted by Gasteiger charge is -2.17. The van der Waals surface area contributed by atoms with E-state index in [2.05, 4.69) is 45.3 Å². The fourth-order valence-electron chi connectivity index (χ4n) is 2.48. The number of ether oxygens (including phenoxy) is 4. The van der Waals surface area contributed by atoms with Gasteiger partial charge in [-0.1, -0.05) is 19.1 Å². The molecule has 2 heterocycles. The third-order valence-corrected chi connectivity index (χ3v) is 5.43. The van der Waals surface area contributed by atoms with E-state index in [9.17, 15) is 8.42 Å². The maximum atomic E-state index is 12.4. The molecule has 0 radical (unpaired) electrons. The molecule has 3 rings (SSSR count). The van der Waals surface area contributed by atoms with Gasteiger partial charge < -0.3 is 18.9 Å². The van der Waals surface area contributed by atoms with Crippen LogP contribution in [0.1, 0.15) is 13.3 Å². The van der Waals surface area contributed by atoms with Crippen LogP contribution < -0.4 is 28.4 Å². The molecule has 0 saturated carbocycles. The molecule has 1 aromatic carbocycles. The first-order valence-electron chi connectivity index (χ1n) is 10.1. The van der Waals surface area contributed by atoms with Crippen LogP contribution in [0.4, 0.5) is 5.82 Å². The molecule has 34 heavy (non-hydrogen) atoms. The average Bonchev–Trinajstić information content (AvgIpc) is 2.83. The van der Waals surface area contributed by atoms with Crippen molar-refractivity contribution in [2.45, 2.75) is 13.3 Å². The van der Waals surface area contributed by atoms with Crippen LogP contribution in [-0.2, 0) is 10.2 Å². The van der Waals surface area contributed by atoms with Crippen molar-refractivity contribution in [1.29, 1.82) is 0 Å². The molecule has 0 aliphatic heterocycles. The van der Waals surface area contributed by atoms with Crippen molar-refractivity contribution in [2.24, 2.45) is 0 Å². The molecule has 12 nitrogen and oxygen atoms in total. The van der Waals surface area contributed by atoms with E-state index >= 15 is 0 Å². The topological polar surface area (TPSA) is 147 Å². The summed E-state index contributed by atoms with van der Waals surface area (Å²) in [5.74, 6) is 0.567. The smallest absolute Gasteiger partial charge is 0.316 e. The number of rotatable bonds is 13. The van der Waals surface area contributed by atoms with Crippen LogP contribution in [0.25, 0.3) is 0 Å². The van der Waals surface area contributed by atoms with Gasteiger partial charge >= 0.3 is 6.01 Å². The molecule has 0 spiro atoms. The summed E-state index contributed by atoms with van der Waals surface area (Å²) in [6.45, 7) is 2.23. The van der Waals surface area contributed by atoms with E-state index in [4.69, 9.17) is 18.9 Å². The Morgan fingerprint density at radius 2 is 1.71 bits per heavy atom. The number of para-hydroxylation sites is 2. The van der Waals surface area contributed by atoms with E-state index in [0.29, 0.717) is 17.9 Å². The Kier molecular flexibility index (Phi) is 9.18. The molecule has 0 fully saturated rings. The summed E-state index contributed by atoms with van der Waals surface area (Å²) in [5, 5.41) is 0. The lowest BCUT2D eigenvalue weighted by Crippen LogP contribution is -2.31. The summed E-state index contributed by atoms with van der Waals surface area (Å²) in [6.07, 6.45) is 4.88. The lowest BCUT2D eigenvalue weighted by atomic mass is 10.3. The minimum atomic E-state index is -3.91. The van der Waals surface area contributed by atoms with Gasteiger partial charge in [0.15, 0.2) is 17.3 Å². The number of methoxy groups -OCH3 is 1. The Bertz CT molecular complexity index is 1180. The number of anilines is 1. The number of nitrogens with one attached hydrogen (secondary N) is 2. The van der Waals surface area contributed by atoms with E-state index < -0.39 is 10.2 Å². The van der Waals surface area contributed by atoms with E-state index in [1.54, 1.807) is 36.7 Å². The third kappa shape index (κ3) is 7.40. The Morgan fingerprint density at radius 1 is 1.00 bits per heavy atom. The first-order chi connectivity index (χ1) is 16.4. The zero-order valence-corrected chi connectivity index (χ0v) is 20.8. The molecular weight excluding hydrogens is 532 g/mol. The molecule has 0 aliphatic rings. The molecule has 2 N–H and O–H groups in total. The Morgan fingerprint density at radius 3 is 2.41 bits per heavy atom. The van der Waals surface area contributed by atoms with Gasteiger partial charge in [0, 0.05) is 18.9 Å². The van der Waals surface area contributed by atoms with E-state index in [-0.39, 0.29) is 43.2 Å². The summed E-state index contributed by atoms with van der Waals surface area (Å²) in [5.41, 5.74) is 0. The van der Waals surface area contributed by atoms with E-state index in [0.717, 1.165) is 10.8 Å². The number of aromatic nitrogens is 4. The van der Waals surface area contributed by atoms with Gasteiger partial charge in [0.1, 0.15) is 19.5 Å². The summed E-state index contributed by atoms with van der Waals surface area (Å²) < 4.78 is 52.7. The fraction of sp³-hybridized carbons (Fsp3) is 0.300. The molecule has 3 aromatic rings. The number of hydrogen-bond acceptors (Lipinski definition) is 10. The van der Waals surface area contributed by atoms with Gasteiger partial charge in [-0.25, -0.2) is 15.0 Å². The number of nitrogens with zero attached hydrogens (tertiary/aromatic N) is 4. The van der Waals surface area contributed by atoms with Crippen molar-refractivity contribution < 1.29 is 27.4 Å². The van der Waals surface area contributed by atoms with Crippen molar-refractivity contribution in [3.8, 4) is 29.1 Å². The standard InChI is InChI=1S/C20H23BrN6O6S/c1-3-8-26-34(28,29)27-18-17(33-16-7-5-4-6-15(16)30-2)19(25-13-24-18)31-9-10-32-20-22-11-14(21)12-23-20/h4-7,11-13,26H,3,8-10H2,1-2H3,(H,24,25,27). The third-order valence-electron chi connectivity index (χ3n) is 3.98. The Balaban J connectivity index is 1.81. The Hall–Kier alpha value is -3.23. The van der Waals surface area contributed by atoms with Crippen LogP contribution in [0.15, 0.2) is 47.5 Å². The predicted octanol–water partition coefficient (Wildman–Crippen LogP) is 2.94. The second-order valence-corrected chi connectivity index (χ2v) is 8.91. The second-order valence-electron chi connectivity index (χ2n) is 6.49. The first-order valence-corrected chi connectivity index (χ1v) is 12.4. The van der Waals surface area contributed by atoms with Crippen LogP contribution in [0.2, 0.25) is 0 Å². The van der Waals surface area contributed by atoms with Gasteiger partial charge in [-0.2, -0.15) is 18.1 Å². The number of halogens is 1. The Labute approximate surface area is 205 Å². The number of benzene rings is 1. The van der Waals surface area contributed by atoms with Gasteiger partial charge in [0.05, 0.1) is 11.6 Å². The summed E-state index contributed by atoms with van der Waals surface area (Å²) in [6, 6.07) is 7.02. The normalized spacial score (nSPS) is 11.0. The molecule has 182 valence electrons. The zero-order chi connectivity index (χ0) is 24.4. The highest BCUT2D eigenvalue weighted by molar-refractivity contribution is 9.10. The summed E-state index contributed by atoms with van der Waals surface area (Å²) in [7, 11) is -2.42. The quantitative estimate of drug-likeness (QED) is 0.302. The average molecular weight is 555 g/mol. The van der Waals surface area contributed by atoms with Gasteiger partial charge in [0.25, 0.3) is 16.1 Å². The molecule has 14 heteroatoms. The molecule has 0 amide bonds.